The lowest BCUT2D eigenvalue weighted by atomic mass is 10.1. The van der Waals surface area contributed by atoms with Crippen LogP contribution in [0.3, 0.4) is 0 Å². The Morgan fingerprint density at radius 1 is 1.08 bits per heavy atom. The second-order valence-corrected chi connectivity index (χ2v) is 9.06. The Balaban J connectivity index is 1.26. The van der Waals surface area contributed by atoms with Crippen molar-refractivity contribution in [2.75, 3.05) is 26.2 Å². The highest BCUT2D eigenvalue weighted by atomic mass is 16.5. The summed E-state index contributed by atoms with van der Waals surface area (Å²) in [6.07, 6.45) is 0. The average molecular weight is 489 g/mol. The average Bonchev–Trinajstić information content (AvgIpc) is 3.39. The Hall–Kier alpha value is -4.05. The van der Waals surface area contributed by atoms with Gasteiger partial charge >= 0.3 is 11.1 Å². The van der Waals surface area contributed by atoms with Crippen molar-refractivity contribution in [3.8, 4) is 11.4 Å². The number of carbonyl (C=O) groups is 1. The van der Waals surface area contributed by atoms with Crippen molar-refractivity contribution in [3.05, 3.63) is 80.2 Å². The van der Waals surface area contributed by atoms with Crippen LogP contribution in [0.25, 0.3) is 22.4 Å². The van der Waals surface area contributed by atoms with E-state index in [0.29, 0.717) is 61.0 Å². The van der Waals surface area contributed by atoms with Gasteiger partial charge in [-0.2, -0.15) is 4.98 Å². The first-order chi connectivity index (χ1) is 17.4. The van der Waals surface area contributed by atoms with Crippen molar-refractivity contribution in [2.24, 2.45) is 0 Å². The summed E-state index contributed by atoms with van der Waals surface area (Å²) in [4.78, 5) is 48.5. The third-order valence-electron chi connectivity index (χ3n) is 6.80. The predicted molar refractivity (Wildman–Crippen MR) is 135 cm³/mol. The lowest BCUT2D eigenvalue weighted by molar-refractivity contribution is 0.0552. The van der Waals surface area contributed by atoms with Crippen molar-refractivity contribution in [1.82, 2.24) is 29.5 Å². The normalized spacial score (nSPS) is 15.4. The van der Waals surface area contributed by atoms with E-state index in [2.05, 4.69) is 20.0 Å². The fourth-order valence-electron chi connectivity index (χ4n) is 4.60. The number of H-pyrrole nitrogens is 1. The number of carbonyl (C=O) groups excluding carboxylic acids is 1. The molecule has 10 nitrogen and oxygen atoms in total. The van der Waals surface area contributed by atoms with E-state index in [0.717, 1.165) is 5.56 Å². The molecule has 0 saturated carbocycles. The first-order valence-corrected chi connectivity index (χ1v) is 12.1. The Morgan fingerprint density at radius 3 is 2.50 bits per heavy atom. The zero-order valence-electron chi connectivity index (χ0n) is 20.5. The van der Waals surface area contributed by atoms with Gasteiger partial charge in [0.25, 0.3) is 5.91 Å². The summed E-state index contributed by atoms with van der Waals surface area (Å²) in [7, 11) is 0. The van der Waals surface area contributed by atoms with E-state index in [1.807, 2.05) is 38.1 Å². The molecule has 0 aliphatic carbocycles. The number of fused-ring (bicyclic) bond motifs is 1. The van der Waals surface area contributed by atoms with E-state index < -0.39 is 11.1 Å². The molecule has 36 heavy (non-hydrogen) atoms. The second-order valence-electron chi connectivity index (χ2n) is 9.06. The van der Waals surface area contributed by atoms with Crippen LogP contribution < -0.4 is 11.1 Å². The maximum absolute atomic E-state index is 13.2. The molecule has 4 aromatic rings. The van der Waals surface area contributed by atoms with E-state index in [1.165, 1.54) is 10.1 Å². The molecule has 1 unspecified atom stereocenters. The van der Waals surface area contributed by atoms with Gasteiger partial charge in [-0.05, 0) is 39.0 Å². The molecule has 1 aliphatic heterocycles. The summed E-state index contributed by atoms with van der Waals surface area (Å²) in [5, 5.41) is 4.14. The number of rotatable bonds is 5. The molecule has 1 aliphatic rings. The van der Waals surface area contributed by atoms with Gasteiger partial charge in [-0.1, -0.05) is 35.0 Å². The quantitative estimate of drug-likeness (QED) is 0.429. The first kappa shape index (κ1) is 23.7. The summed E-state index contributed by atoms with van der Waals surface area (Å²) >= 11 is 0. The molecular formula is C26H28N6O4. The number of nitrogens with zero attached hydrogens (tertiary/aromatic N) is 5. The fraction of sp³-hybridized carbons (Fsp3) is 0.346. The SMILES string of the molecule is CCn1c(=O)c(=O)[nH]c2cc(C(=O)N3CCN(C(C)c4nc(-c5ccc(C)cc5)no4)CC3)ccc21. The third kappa shape index (κ3) is 4.35. The maximum Gasteiger partial charge on any atom is 0.316 e. The van der Waals surface area contributed by atoms with Gasteiger partial charge in [-0.3, -0.25) is 19.3 Å². The summed E-state index contributed by atoms with van der Waals surface area (Å²) in [5.41, 5.74) is 2.33. The van der Waals surface area contributed by atoms with Crippen molar-refractivity contribution in [1.29, 1.82) is 0 Å². The van der Waals surface area contributed by atoms with Crippen molar-refractivity contribution < 1.29 is 9.32 Å². The summed E-state index contributed by atoms with van der Waals surface area (Å²) in [5.74, 6) is 0.998. The van der Waals surface area contributed by atoms with Gasteiger partial charge in [-0.25, -0.2) is 0 Å². The van der Waals surface area contributed by atoms with Crippen LogP contribution in [-0.2, 0) is 6.54 Å². The van der Waals surface area contributed by atoms with Gasteiger partial charge in [0.15, 0.2) is 0 Å². The number of piperazine rings is 1. The minimum atomic E-state index is -0.692. The van der Waals surface area contributed by atoms with E-state index in [1.54, 1.807) is 30.0 Å². The molecule has 186 valence electrons. The molecule has 5 rings (SSSR count). The molecule has 2 aromatic heterocycles. The van der Waals surface area contributed by atoms with E-state index in [9.17, 15) is 14.4 Å². The van der Waals surface area contributed by atoms with Gasteiger partial charge < -0.3 is 19.0 Å². The molecular weight excluding hydrogens is 460 g/mol. The smallest absolute Gasteiger partial charge is 0.316 e. The maximum atomic E-state index is 13.2. The third-order valence-corrected chi connectivity index (χ3v) is 6.80. The monoisotopic (exact) mass is 488 g/mol. The zero-order chi connectivity index (χ0) is 25.4. The summed E-state index contributed by atoms with van der Waals surface area (Å²) < 4.78 is 6.96. The number of amides is 1. The van der Waals surface area contributed by atoms with E-state index in [4.69, 9.17) is 4.52 Å². The van der Waals surface area contributed by atoms with Gasteiger partial charge in [0.1, 0.15) is 0 Å². The number of aryl methyl sites for hydroxylation is 2. The van der Waals surface area contributed by atoms with Gasteiger partial charge in [-0.15, -0.1) is 0 Å². The van der Waals surface area contributed by atoms with Crippen LogP contribution in [0.1, 0.15) is 41.7 Å². The topological polar surface area (TPSA) is 117 Å². The predicted octanol–water partition coefficient (Wildman–Crippen LogP) is 2.59. The van der Waals surface area contributed by atoms with Crippen LogP contribution in [0.4, 0.5) is 0 Å². The molecule has 1 N–H and O–H groups in total. The molecule has 0 spiro atoms. The lowest BCUT2D eigenvalue weighted by Crippen LogP contribution is -2.49. The van der Waals surface area contributed by atoms with E-state index >= 15 is 0 Å². The molecule has 10 heteroatoms. The van der Waals surface area contributed by atoms with Crippen molar-refractivity contribution in [3.63, 3.8) is 0 Å². The number of hydrogen-bond donors (Lipinski definition) is 1. The number of aromatic nitrogens is 4. The molecule has 1 amide bonds. The minimum absolute atomic E-state index is 0.0783. The van der Waals surface area contributed by atoms with Gasteiger partial charge in [0.2, 0.25) is 11.7 Å². The highest BCUT2D eigenvalue weighted by Gasteiger charge is 2.28. The number of hydrogen-bond acceptors (Lipinski definition) is 7. The van der Waals surface area contributed by atoms with Crippen LogP contribution in [0.15, 0.2) is 56.6 Å². The fourth-order valence-corrected chi connectivity index (χ4v) is 4.60. The molecule has 1 atom stereocenters. The van der Waals surface area contributed by atoms with Crippen LogP contribution in [0.2, 0.25) is 0 Å². The van der Waals surface area contributed by atoms with Crippen molar-refractivity contribution >= 4 is 16.9 Å². The lowest BCUT2D eigenvalue weighted by Gasteiger charge is -2.36. The molecule has 3 heterocycles. The number of benzene rings is 2. The van der Waals surface area contributed by atoms with Crippen LogP contribution in [0.5, 0.6) is 0 Å². The van der Waals surface area contributed by atoms with Gasteiger partial charge in [0.05, 0.1) is 17.1 Å². The minimum Gasteiger partial charge on any atom is -0.337 e. The van der Waals surface area contributed by atoms with Crippen molar-refractivity contribution in [2.45, 2.75) is 33.4 Å². The number of aromatic amines is 1. The second kappa shape index (κ2) is 9.54. The molecule has 1 fully saturated rings. The Bertz CT molecular complexity index is 1530. The van der Waals surface area contributed by atoms with Gasteiger partial charge in [0, 0.05) is 43.9 Å². The van der Waals surface area contributed by atoms with Crippen LogP contribution in [0, 0.1) is 6.92 Å². The summed E-state index contributed by atoms with van der Waals surface area (Å²) in [6.45, 7) is 8.65. The Morgan fingerprint density at radius 2 is 1.81 bits per heavy atom. The highest BCUT2D eigenvalue weighted by Crippen LogP contribution is 2.24. The van der Waals surface area contributed by atoms with Crippen LogP contribution in [-0.4, -0.2) is 61.6 Å². The zero-order valence-corrected chi connectivity index (χ0v) is 20.5. The first-order valence-electron chi connectivity index (χ1n) is 12.1. The highest BCUT2D eigenvalue weighted by molar-refractivity contribution is 5.97. The van der Waals surface area contributed by atoms with E-state index in [-0.39, 0.29) is 11.9 Å². The Labute approximate surface area is 207 Å². The largest absolute Gasteiger partial charge is 0.337 e. The number of nitrogens with one attached hydrogen (secondary N) is 1. The molecule has 1 saturated heterocycles. The van der Waals surface area contributed by atoms with Crippen LogP contribution >= 0.6 is 0 Å². The molecule has 2 aromatic carbocycles. The Kier molecular flexibility index (Phi) is 6.27. The standard InChI is InChI=1S/C26H28N6O4/c1-4-32-21-10-9-19(15-20(21)27-23(33)26(32)35)25(34)31-13-11-30(12-14-31)17(3)24-28-22(29-36-24)18-7-5-16(2)6-8-18/h5-10,15,17H,4,11-14H2,1-3H3,(H,27,33). The summed E-state index contributed by atoms with van der Waals surface area (Å²) in [6, 6.07) is 13.0. The molecule has 0 bridgehead atoms. The molecule has 0 radical (unpaired) electrons.